The number of aliphatic hydroxyl groups excluding tert-OH is 1. The molecule has 0 saturated heterocycles. The summed E-state index contributed by atoms with van der Waals surface area (Å²) in [7, 11) is 0. The zero-order chi connectivity index (χ0) is 23.4. The second-order valence-electron chi connectivity index (χ2n) is 7.13. The quantitative estimate of drug-likeness (QED) is 0.128. The molecule has 0 spiro atoms. The lowest BCUT2D eigenvalue weighted by molar-refractivity contribution is -0.143. The van der Waals surface area contributed by atoms with E-state index in [4.69, 9.17) is 16.6 Å². The van der Waals surface area contributed by atoms with Gasteiger partial charge in [-0.1, -0.05) is 13.8 Å². The van der Waals surface area contributed by atoms with Crippen molar-refractivity contribution in [2.24, 2.45) is 17.4 Å². The number of carbonyl (C=O) groups excluding carboxylic acids is 4. The average Bonchev–Trinajstić information content (AvgIpc) is 2.66. The minimum absolute atomic E-state index is 0.000121. The van der Waals surface area contributed by atoms with Crippen molar-refractivity contribution >= 4 is 42.2 Å². The van der Waals surface area contributed by atoms with E-state index >= 15 is 0 Å². The summed E-state index contributed by atoms with van der Waals surface area (Å²) < 4.78 is 0. The van der Waals surface area contributed by atoms with Crippen molar-refractivity contribution in [1.82, 2.24) is 16.0 Å². The van der Waals surface area contributed by atoms with Gasteiger partial charge < -0.3 is 37.6 Å². The number of carbonyl (C=O) groups is 5. The number of rotatable bonds is 14. The van der Waals surface area contributed by atoms with Gasteiger partial charge >= 0.3 is 5.97 Å². The minimum Gasteiger partial charge on any atom is -0.480 e. The zero-order valence-corrected chi connectivity index (χ0v) is 17.9. The fraction of sp³-hybridized carbons (Fsp3) is 0.706. The van der Waals surface area contributed by atoms with E-state index in [2.05, 4.69) is 28.6 Å². The number of nitrogens with one attached hydrogen (secondary N) is 3. The molecular formula is C17H31N5O7S. The number of carboxylic acids is 1. The number of aliphatic hydroxyl groups is 1. The molecule has 0 rings (SSSR count). The predicted octanol–water partition coefficient (Wildman–Crippen LogP) is -2.91. The number of amides is 4. The van der Waals surface area contributed by atoms with Gasteiger partial charge in [-0.3, -0.25) is 19.2 Å². The zero-order valence-electron chi connectivity index (χ0n) is 17.0. The maximum Gasteiger partial charge on any atom is 0.326 e. The highest BCUT2D eigenvalue weighted by molar-refractivity contribution is 7.80. The van der Waals surface area contributed by atoms with Crippen LogP contribution in [0, 0.1) is 5.92 Å². The Morgan fingerprint density at radius 2 is 1.43 bits per heavy atom. The molecule has 0 aromatic rings. The molecule has 13 heteroatoms. The Morgan fingerprint density at radius 3 is 1.87 bits per heavy atom. The second-order valence-corrected chi connectivity index (χ2v) is 7.49. The summed E-state index contributed by atoms with van der Waals surface area (Å²) in [4.78, 5) is 59.0. The number of carboxylic acid groups (broad SMARTS) is 1. The van der Waals surface area contributed by atoms with Gasteiger partial charge in [0.15, 0.2) is 0 Å². The van der Waals surface area contributed by atoms with E-state index in [9.17, 15) is 29.1 Å². The molecule has 0 aromatic carbocycles. The molecule has 0 aliphatic carbocycles. The Hall–Kier alpha value is -2.38. The second kappa shape index (κ2) is 13.8. The van der Waals surface area contributed by atoms with Crippen LogP contribution >= 0.6 is 12.6 Å². The van der Waals surface area contributed by atoms with Gasteiger partial charge in [-0.2, -0.15) is 12.6 Å². The molecule has 4 amide bonds. The van der Waals surface area contributed by atoms with Gasteiger partial charge in [0.25, 0.3) is 0 Å². The monoisotopic (exact) mass is 449 g/mol. The third-order valence-corrected chi connectivity index (χ3v) is 4.38. The smallest absolute Gasteiger partial charge is 0.326 e. The summed E-state index contributed by atoms with van der Waals surface area (Å²) in [5, 5.41) is 25.5. The molecule has 9 N–H and O–H groups in total. The van der Waals surface area contributed by atoms with Crippen molar-refractivity contribution in [3.63, 3.8) is 0 Å². The normalized spacial score (nSPS) is 14.9. The summed E-state index contributed by atoms with van der Waals surface area (Å²) in [5.41, 5.74) is 10.6. The largest absolute Gasteiger partial charge is 0.480 e. The predicted molar refractivity (Wildman–Crippen MR) is 110 cm³/mol. The fourth-order valence-corrected chi connectivity index (χ4v) is 2.51. The highest BCUT2D eigenvalue weighted by atomic mass is 32.1. The maximum absolute atomic E-state index is 12.6. The van der Waals surface area contributed by atoms with Crippen LogP contribution in [0.4, 0.5) is 0 Å². The van der Waals surface area contributed by atoms with Gasteiger partial charge in [-0.05, 0) is 18.8 Å². The van der Waals surface area contributed by atoms with Gasteiger partial charge in [-0.15, -0.1) is 0 Å². The third kappa shape index (κ3) is 10.4. The molecule has 0 bridgehead atoms. The number of thiol groups is 1. The van der Waals surface area contributed by atoms with E-state index < -0.39 is 60.4 Å². The highest BCUT2D eigenvalue weighted by Gasteiger charge is 2.30. The molecule has 0 aromatic heterocycles. The Bertz CT molecular complexity index is 632. The van der Waals surface area contributed by atoms with E-state index in [1.165, 1.54) is 0 Å². The molecule has 0 aliphatic rings. The van der Waals surface area contributed by atoms with Gasteiger partial charge in [-0.25, -0.2) is 4.79 Å². The van der Waals surface area contributed by atoms with E-state index in [0.29, 0.717) is 0 Å². The molecule has 0 radical (unpaired) electrons. The first-order valence-corrected chi connectivity index (χ1v) is 9.95. The average molecular weight is 450 g/mol. The lowest BCUT2D eigenvalue weighted by Gasteiger charge is -2.25. The summed E-state index contributed by atoms with van der Waals surface area (Å²) in [6, 6.07) is -4.88. The molecule has 12 nitrogen and oxygen atoms in total. The molecule has 4 atom stereocenters. The summed E-state index contributed by atoms with van der Waals surface area (Å²) in [6.07, 6.45) is -0.301. The highest BCUT2D eigenvalue weighted by Crippen LogP contribution is 2.06. The summed E-state index contributed by atoms with van der Waals surface area (Å²) >= 11 is 3.93. The lowest BCUT2D eigenvalue weighted by Crippen LogP contribution is -2.58. The molecule has 172 valence electrons. The SMILES string of the molecule is CC(C)CC(NC(=O)C(N)CS)C(=O)NC(CO)C(=O)NC(CCC(N)=O)C(=O)O. The first-order valence-electron chi connectivity index (χ1n) is 9.32. The number of primary amides is 1. The van der Waals surface area contributed by atoms with Crippen molar-refractivity contribution in [2.75, 3.05) is 12.4 Å². The van der Waals surface area contributed by atoms with Gasteiger partial charge in [0.2, 0.25) is 23.6 Å². The summed E-state index contributed by atoms with van der Waals surface area (Å²) in [5.74, 6) is -4.41. The van der Waals surface area contributed by atoms with Crippen LogP contribution in [0.15, 0.2) is 0 Å². The minimum atomic E-state index is -1.47. The molecule has 4 unspecified atom stereocenters. The van der Waals surface area contributed by atoms with Gasteiger partial charge in [0.1, 0.15) is 18.1 Å². The van der Waals surface area contributed by atoms with Crippen LogP contribution in [0.3, 0.4) is 0 Å². The molecule has 0 saturated carbocycles. The number of aliphatic carboxylic acids is 1. The first-order chi connectivity index (χ1) is 13.9. The third-order valence-electron chi connectivity index (χ3n) is 3.98. The van der Waals surface area contributed by atoms with Crippen molar-refractivity contribution in [2.45, 2.75) is 57.3 Å². The van der Waals surface area contributed by atoms with Crippen molar-refractivity contribution in [3.05, 3.63) is 0 Å². The van der Waals surface area contributed by atoms with Gasteiger partial charge in [0, 0.05) is 12.2 Å². The Labute approximate surface area is 179 Å². The Balaban J connectivity index is 5.18. The maximum atomic E-state index is 12.6. The Morgan fingerprint density at radius 1 is 0.933 bits per heavy atom. The number of nitrogens with two attached hydrogens (primary N) is 2. The first kappa shape index (κ1) is 27.6. The molecule has 30 heavy (non-hydrogen) atoms. The van der Waals surface area contributed by atoms with Crippen LogP contribution in [0.1, 0.15) is 33.1 Å². The van der Waals surface area contributed by atoms with E-state index in [0.717, 1.165) is 0 Å². The van der Waals surface area contributed by atoms with Crippen molar-refractivity contribution in [3.8, 4) is 0 Å². The standard InChI is InChI=1S/C17H31N5O7S/c1-8(2)5-11(21-14(25)9(18)7-30)15(26)22-12(6-23)16(27)20-10(17(28)29)3-4-13(19)24/h8-12,23,30H,3-7,18H2,1-2H3,(H2,19,24)(H,20,27)(H,21,25)(H,22,26)(H,28,29). The van der Waals surface area contributed by atoms with Crippen LogP contribution in [0.25, 0.3) is 0 Å². The van der Waals surface area contributed by atoms with E-state index in [-0.39, 0.29) is 30.9 Å². The van der Waals surface area contributed by atoms with Crippen LogP contribution in [0.2, 0.25) is 0 Å². The Kier molecular flexibility index (Phi) is 12.7. The van der Waals surface area contributed by atoms with Gasteiger partial charge in [0.05, 0.1) is 12.6 Å². The molecular weight excluding hydrogens is 418 g/mol. The van der Waals surface area contributed by atoms with Crippen molar-refractivity contribution in [1.29, 1.82) is 0 Å². The van der Waals surface area contributed by atoms with Crippen molar-refractivity contribution < 1.29 is 34.2 Å². The lowest BCUT2D eigenvalue weighted by atomic mass is 10.0. The number of hydrogen-bond acceptors (Lipinski definition) is 8. The van der Waals surface area contributed by atoms with E-state index in [1.807, 2.05) is 13.8 Å². The van der Waals surface area contributed by atoms with Crippen LogP contribution < -0.4 is 27.4 Å². The number of hydrogen-bond donors (Lipinski definition) is 8. The van der Waals surface area contributed by atoms with Crippen LogP contribution in [-0.2, 0) is 24.0 Å². The topological polar surface area (TPSA) is 214 Å². The molecule has 0 heterocycles. The van der Waals surface area contributed by atoms with E-state index in [1.54, 1.807) is 0 Å². The molecule has 0 aliphatic heterocycles. The fourth-order valence-electron chi connectivity index (χ4n) is 2.35. The van der Waals surface area contributed by atoms with Crippen LogP contribution in [0.5, 0.6) is 0 Å². The molecule has 0 fully saturated rings. The summed E-state index contributed by atoms with van der Waals surface area (Å²) in [6.45, 7) is 2.81. The van der Waals surface area contributed by atoms with Crippen LogP contribution in [-0.4, -0.2) is 76.3 Å².